The van der Waals surface area contributed by atoms with E-state index in [9.17, 15) is 4.79 Å². The molecule has 0 spiro atoms. The molecule has 0 bridgehead atoms. The minimum atomic E-state index is 0.135. The SMILES string of the molecule is O=C(c1c2c(nc3ccccc13)/C(=C\c1cccs1)CC2)N1CCN(c2nccs2)CC1. The third-order valence-electron chi connectivity index (χ3n) is 6.27. The van der Waals surface area contributed by atoms with E-state index in [1.54, 1.807) is 22.7 Å². The topological polar surface area (TPSA) is 49.3 Å². The summed E-state index contributed by atoms with van der Waals surface area (Å²) in [5.74, 6) is 0.135. The van der Waals surface area contributed by atoms with Gasteiger partial charge in [0.25, 0.3) is 5.91 Å². The third-order valence-corrected chi connectivity index (χ3v) is 7.92. The second-order valence-corrected chi connectivity index (χ2v) is 9.96. The molecule has 2 aliphatic rings. The fourth-order valence-corrected chi connectivity index (χ4v) is 6.08. The normalized spacial score (nSPS) is 17.3. The number of nitrogens with zero attached hydrogens (tertiary/aromatic N) is 4. The van der Waals surface area contributed by atoms with Crippen LogP contribution in [0, 0.1) is 0 Å². The van der Waals surface area contributed by atoms with Gasteiger partial charge in [0.1, 0.15) is 0 Å². The van der Waals surface area contributed by atoms with Crippen molar-refractivity contribution < 1.29 is 4.79 Å². The number of benzene rings is 1. The molecule has 0 atom stereocenters. The number of thiazole rings is 1. The van der Waals surface area contributed by atoms with Gasteiger partial charge in [-0.05, 0) is 47.6 Å². The maximum atomic E-state index is 13.8. The van der Waals surface area contributed by atoms with E-state index in [1.165, 1.54) is 10.5 Å². The minimum Gasteiger partial charge on any atom is -0.345 e. The molecule has 5 nitrogen and oxygen atoms in total. The van der Waals surface area contributed by atoms with Gasteiger partial charge < -0.3 is 9.80 Å². The molecular formula is C25H22N4OS2. The molecule has 6 rings (SSSR count). The van der Waals surface area contributed by atoms with Crippen molar-refractivity contribution in [2.75, 3.05) is 31.1 Å². The minimum absolute atomic E-state index is 0.135. The third kappa shape index (κ3) is 3.42. The molecule has 1 saturated heterocycles. The zero-order valence-electron chi connectivity index (χ0n) is 17.5. The number of hydrogen-bond acceptors (Lipinski definition) is 6. The summed E-state index contributed by atoms with van der Waals surface area (Å²) in [6.07, 6.45) is 5.86. The summed E-state index contributed by atoms with van der Waals surface area (Å²) in [5, 5.41) is 6.10. The molecule has 7 heteroatoms. The lowest BCUT2D eigenvalue weighted by molar-refractivity contribution is 0.0747. The van der Waals surface area contributed by atoms with E-state index in [0.29, 0.717) is 13.1 Å². The summed E-state index contributed by atoms with van der Waals surface area (Å²) in [5.41, 5.74) is 5.09. The smallest absolute Gasteiger partial charge is 0.255 e. The van der Waals surface area contributed by atoms with E-state index in [-0.39, 0.29) is 5.91 Å². The highest BCUT2D eigenvalue weighted by atomic mass is 32.1. The Labute approximate surface area is 194 Å². The van der Waals surface area contributed by atoms with Crippen molar-refractivity contribution in [3.8, 4) is 0 Å². The van der Waals surface area contributed by atoms with E-state index in [4.69, 9.17) is 4.98 Å². The van der Waals surface area contributed by atoms with Crippen molar-refractivity contribution in [1.29, 1.82) is 0 Å². The molecule has 1 aliphatic heterocycles. The number of piperazine rings is 1. The molecular weight excluding hydrogens is 436 g/mol. The first-order valence-electron chi connectivity index (χ1n) is 10.9. The number of para-hydroxylation sites is 1. The van der Waals surface area contributed by atoms with Crippen LogP contribution >= 0.6 is 22.7 Å². The van der Waals surface area contributed by atoms with Crippen molar-refractivity contribution in [1.82, 2.24) is 14.9 Å². The summed E-state index contributed by atoms with van der Waals surface area (Å²) in [6, 6.07) is 12.3. The predicted molar refractivity (Wildman–Crippen MR) is 132 cm³/mol. The average Bonchev–Trinajstić information content (AvgIpc) is 3.61. The van der Waals surface area contributed by atoms with Crippen LogP contribution in [-0.4, -0.2) is 47.0 Å². The van der Waals surface area contributed by atoms with E-state index in [2.05, 4.69) is 33.5 Å². The van der Waals surface area contributed by atoms with Crippen molar-refractivity contribution in [3.63, 3.8) is 0 Å². The standard InChI is InChI=1S/C25H22N4OS2/c30-24(28-10-12-29(13-11-28)25-26-9-15-32-25)22-19-5-1-2-6-21(19)27-23-17(7-8-20(22)23)16-18-4-3-14-31-18/h1-6,9,14-16H,7-8,10-13H2/b17-16-. The number of fused-ring (bicyclic) bond motifs is 2. The Bertz CT molecular complexity index is 1300. The molecule has 0 N–H and O–H groups in total. The maximum Gasteiger partial charge on any atom is 0.255 e. The van der Waals surface area contributed by atoms with E-state index >= 15 is 0 Å². The fraction of sp³-hybridized carbons (Fsp3) is 0.240. The highest BCUT2D eigenvalue weighted by Crippen LogP contribution is 2.38. The molecule has 0 unspecified atom stereocenters. The Kier molecular flexibility index (Phi) is 5.00. The van der Waals surface area contributed by atoms with Crippen molar-refractivity contribution in [2.24, 2.45) is 0 Å². The number of hydrogen-bond donors (Lipinski definition) is 0. The van der Waals surface area contributed by atoms with Crippen LogP contribution in [-0.2, 0) is 6.42 Å². The summed E-state index contributed by atoms with van der Waals surface area (Å²) < 4.78 is 0. The lowest BCUT2D eigenvalue weighted by atomic mass is 9.99. The molecule has 0 saturated carbocycles. The molecule has 4 heterocycles. The quantitative estimate of drug-likeness (QED) is 0.423. The molecule has 3 aromatic heterocycles. The van der Waals surface area contributed by atoms with Gasteiger partial charge in [-0.15, -0.1) is 22.7 Å². The van der Waals surface area contributed by atoms with Gasteiger partial charge in [0.05, 0.1) is 16.8 Å². The van der Waals surface area contributed by atoms with Gasteiger partial charge in [0.2, 0.25) is 0 Å². The molecule has 0 radical (unpaired) electrons. The van der Waals surface area contributed by atoms with Crippen LogP contribution in [0.5, 0.6) is 0 Å². The van der Waals surface area contributed by atoms with Gasteiger partial charge in [-0.2, -0.15) is 0 Å². The number of thiophene rings is 1. The molecule has 4 aromatic rings. The Morgan fingerprint density at radius 2 is 1.84 bits per heavy atom. The Morgan fingerprint density at radius 1 is 0.969 bits per heavy atom. The van der Waals surface area contributed by atoms with Crippen LogP contribution in [0.4, 0.5) is 5.13 Å². The molecule has 1 aromatic carbocycles. The molecule has 32 heavy (non-hydrogen) atoms. The van der Waals surface area contributed by atoms with Gasteiger partial charge in [-0.1, -0.05) is 24.3 Å². The Balaban J connectivity index is 1.37. The van der Waals surface area contributed by atoms with Gasteiger partial charge in [-0.25, -0.2) is 9.97 Å². The van der Waals surface area contributed by atoms with Crippen molar-refractivity contribution in [2.45, 2.75) is 12.8 Å². The van der Waals surface area contributed by atoms with Gasteiger partial charge in [0, 0.05) is 48.0 Å². The first-order valence-corrected chi connectivity index (χ1v) is 12.6. The molecule has 1 aliphatic carbocycles. The zero-order valence-corrected chi connectivity index (χ0v) is 19.2. The largest absolute Gasteiger partial charge is 0.345 e. The zero-order chi connectivity index (χ0) is 21.5. The Hall–Kier alpha value is -3.03. The van der Waals surface area contributed by atoms with Crippen LogP contribution in [0.15, 0.2) is 53.4 Å². The monoisotopic (exact) mass is 458 g/mol. The van der Waals surface area contributed by atoms with Crippen LogP contribution < -0.4 is 4.90 Å². The van der Waals surface area contributed by atoms with Crippen molar-refractivity contribution in [3.05, 3.63) is 75.1 Å². The van der Waals surface area contributed by atoms with Crippen LogP contribution in [0.1, 0.15) is 32.9 Å². The first-order chi connectivity index (χ1) is 15.8. The molecule has 1 amide bonds. The summed E-state index contributed by atoms with van der Waals surface area (Å²) >= 11 is 3.38. The van der Waals surface area contributed by atoms with Gasteiger partial charge in [-0.3, -0.25) is 4.79 Å². The van der Waals surface area contributed by atoms with Gasteiger partial charge >= 0.3 is 0 Å². The fourth-order valence-electron chi connectivity index (χ4n) is 4.70. The lowest BCUT2D eigenvalue weighted by Gasteiger charge is -2.35. The molecule has 160 valence electrons. The van der Waals surface area contributed by atoms with Gasteiger partial charge in [0.15, 0.2) is 5.13 Å². The highest BCUT2D eigenvalue weighted by molar-refractivity contribution is 7.13. The Morgan fingerprint density at radius 3 is 2.62 bits per heavy atom. The van der Waals surface area contributed by atoms with Crippen LogP contribution in [0.2, 0.25) is 0 Å². The summed E-state index contributed by atoms with van der Waals surface area (Å²) in [7, 11) is 0. The number of amides is 1. The average molecular weight is 459 g/mol. The summed E-state index contributed by atoms with van der Waals surface area (Å²) in [4.78, 5) is 28.8. The van der Waals surface area contributed by atoms with Crippen LogP contribution in [0.25, 0.3) is 22.6 Å². The number of allylic oxidation sites excluding steroid dienone is 1. The van der Waals surface area contributed by atoms with Crippen LogP contribution in [0.3, 0.4) is 0 Å². The second-order valence-electron chi connectivity index (χ2n) is 8.11. The number of pyridine rings is 1. The summed E-state index contributed by atoms with van der Waals surface area (Å²) in [6.45, 7) is 3.05. The lowest BCUT2D eigenvalue weighted by Crippen LogP contribution is -2.49. The maximum absolute atomic E-state index is 13.8. The number of carbonyl (C=O) groups excluding carboxylic acids is 1. The van der Waals surface area contributed by atoms with E-state index in [1.807, 2.05) is 40.7 Å². The highest BCUT2D eigenvalue weighted by Gasteiger charge is 2.31. The number of anilines is 1. The second kappa shape index (κ2) is 8.15. The predicted octanol–water partition coefficient (Wildman–Crippen LogP) is 5.20. The van der Waals surface area contributed by atoms with Crippen molar-refractivity contribution >= 4 is 56.3 Å². The first kappa shape index (κ1) is 19.6. The van der Waals surface area contributed by atoms with E-state index in [0.717, 1.165) is 58.8 Å². The molecule has 1 fully saturated rings. The number of rotatable bonds is 3. The number of carbonyl (C=O) groups is 1. The number of aromatic nitrogens is 2. The van der Waals surface area contributed by atoms with E-state index < -0.39 is 0 Å².